The summed E-state index contributed by atoms with van der Waals surface area (Å²) in [5, 5.41) is 0. The van der Waals surface area contributed by atoms with Gasteiger partial charge in [-0.05, 0) is 42.7 Å². The van der Waals surface area contributed by atoms with Gasteiger partial charge in [-0.1, -0.05) is 24.3 Å². The van der Waals surface area contributed by atoms with Crippen molar-refractivity contribution in [2.75, 3.05) is 41.0 Å². The third-order valence-corrected chi connectivity index (χ3v) is 8.76. The lowest BCUT2D eigenvalue weighted by Crippen LogP contribution is -2.38. The highest BCUT2D eigenvalue weighted by molar-refractivity contribution is 7.91. The predicted molar refractivity (Wildman–Crippen MR) is 128 cm³/mol. The second-order valence-electron chi connectivity index (χ2n) is 8.26. The Morgan fingerprint density at radius 2 is 1.69 bits per heavy atom. The second kappa shape index (κ2) is 11.5. The molecule has 192 valence electrons. The molecule has 1 aliphatic rings. The number of amides is 1. The minimum Gasteiger partial charge on any atom is -0.379 e. The number of ether oxygens (including phenoxy) is 2. The molecule has 1 fully saturated rings. The Labute approximate surface area is 206 Å². The summed E-state index contributed by atoms with van der Waals surface area (Å²) in [4.78, 5) is 13.3. The van der Waals surface area contributed by atoms with Crippen LogP contribution in [-0.2, 0) is 41.0 Å². The molecule has 10 nitrogen and oxygen atoms in total. The summed E-state index contributed by atoms with van der Waals surface area (Å²) < 4.78 is 67.8. The van der Waals surface area contributed by atoms with E-state index in [0.29, 0.717) is 19.7 Å². The van der Waals surface area contributed by atoms with Crippen molar-refractivity contribution in [3.8, 4) is 5.75 Å². The fourth-order valence-corrected chi connectivity index (χ4v) is 6.21. The lowest BCUT2D eigenvalue weighted by Gasteiger charge is -2.25. The van der Waals surface area contributed by atoms with Gasteiger partial charge in [0.25, 0.3) is 0 Å². The van der Waals surface area contributed by atoms with E-state index in [9.17, 15) is 21.6 Å². The molecular formula is C23H30N2O8S2. The van der Waals surface area contributed by atoms with Crippen LogP contribution in [0.4, 0.5) is 0 Å². The molecule has 1 aliphatic heterocycles. The number of benzene rings is 2. The lowest BCUT2D eigenvalue weighted by molar-refractivity contribution is -0.137. The van der Waals surface area contributed by atoms with Crippen molar-refractivity contribution in [1.82, 2.24) is 9.21 Å². The second-order valence-corrected chi connectivity index (χ2v) is 11.9. The average molecular weight is 527 g/mol. The van der Waals surface area contributed by atoms with Crippen molar-refractivity contribution in [2.24, 2.45) is 0 Å². The van der Waals surface area contributed by atoms with Gasteiger partial charge in [-0.2, -0.15) is 8.42 Å². The van der Waals surface area contributed by atoms with Gasteiger partial charge >= 0.3 is 10.1 Å². The first-order valence-electron chi connectivity index (χ1n) is 11.0. The number of nitrogens with zero attached hydrogens (tertiary/aromatic N) is 2. The number of carbonyl (C=O) groups is 1. The number of hydrogen-bond acceptors (Lipinski definition) is 8. The van der Waals surface area contributed by atoms with Crippen LogP contribution in [0.15, 0.2) is 58.3 Å². The molecule has 1 amide bonds. The van der Waals surface area contributed by atoms with E-state index in [1.54, 1.807) is 17.0 Å². The van der Waals surface area contributed by atoms with Gasteiger partial charge in [0.1, 0.15) is 22.1 Å². The fraction of sp³-hybridized carbons (Fsp3) is 0.435. The number of carbonyl (C=O) groups excluding carboxylic acids is 1. The minimum absolute atomic E-state index is 0.0136. The zero-order valence-corrected chi connectivity index (χ0v) is 21.5. The molecule has 0 bridgehead atoms. The Hall–Kier alpha value is -2.51. The van der Waals surface area contributed by atoms with Crippen LogP contribution < -0.4 is 4.18 Å². The van der Waals surface area contributed by atoms with E-state index in [0.717, 1.165) is 22.7 Å². The number of hydrogen-bond donors (Lipinski definition) is 0. The first-order chi connectivity index (χ1) is 16.5. The Morgan fingerprint density at radius 1 is 1.03 bits per heavy atom. The highest BCUT2D eigenvalue weighted by Gasteiger charge is 2.29. The molecule has 0 N–H and O–H groups in total. The van der Waals surface area contributed by atoms with E-state index < -0.39 is 25.0 Å². The van der Waals surface area contributed by atoms with Gasteiger partial charge in [0.05, 0.1) is 6.10 Å². The van der Waals surface area contributed by atoms with Crippen LogP contribution in [-0.4, -0.2) is 79.0 Å². The normalized spacial score (nSPS) is 16.4. The summed E-state index contributed by atoms with van der Waals surface area (Å²) in [6.45, 7) is 1.35. The zero-order valence-electron chi connectivity index (χ0n) is 19.9. The smallest absolute Gasteiger partial charge is 0.340 e. The predicted octanol–water partition coefficient (Wildman–Crippen LogP) is 1.86. The van der Waals surface area contributed by atoms with E-state index >= 15 is 0 Å². The Morgan fingerprint density at radius 3 is 2.26 bits per heavy atom. The molecular weight excluding hydrogens is 496 g/mol. The van der Waals surface area contributed by atoms with Gasteiger partial charge < -0.3 is 18.6 Å². The number of rotatable bonds is 11. The molecule has 0 aromatic heterocycles. The van der Waals surface area contributed by atoms with E-state index in [2.05, 4.69) is 0 Å². The highest BCUT2D eigenvalue weighted by Crippen LogP contribution is 2.26. The molecule has 3 rings (SSSR count). The third-order valence-electron chi connectivity index (χ3n) is 5.45. The van der Waals surface area contributed by atoms with E-state index in [-0.39, 0.29) is 29.3 Å². The molecule has 35 heavy (non-hydrogen) atoms. The molecule has 2 aromatic carbocycles. The van der Waals surface area contributed by atoms with Crippen molar-refractivity contribution >= 4 is 26.0 Å². The van der Waals surface area contributed by atoms with Gasteiger partial charge in [-0.15, -0.1) is 0 Å². The summed E-state index contributed by atoms with van der Waals surface area (Å²) >= 11 is 0. The Balaban J connectivity index is 1.77. The maximum atomic E-state index is 12.9. The summed E-state index contributed by atoms with van der Waals surface area (Å²) in [5.41, 5.74) is 0.757. The van der Waals surface area contributed by atoms with Gasteiger partial charge in [-0.3, -0.25) is 4.79 Å². The van der Waals surface area contributed by atoms with Gasteiger partial charge in [-0.25, -0.2) is 12.7 Å². The first-order valence-corrected chi connectivity index (χ1v) is 13.8. The molecule has 0 aliphatic carbocycles. The van der Waals surface area contributed by atoms with Crippen molar-refractivity contribution < 1.29 is 35.3 Å². The fourth-order valence-electron chi connectivity index (χ4n) is 3.61. The largest absolute Gasteiger partial charge is 0.379 e. The zero-order chi connectivity index (χ0) is 25.6. The minimum atomic E-state index is -4.44. The maximum Gasteiger partial charge on any atom is 0.340 e. The summed E-state index contributed by atoms with van der Waals surface area (Å²) in [6.07, 6.45) is 1.81. The molecule has 1 atom stereocenters. The molecule has 0 saturated carbocycles. The summed E-state index contributed by atoms with van der Waals surface area (Å²) in [7, 11) is -4.36. The molecule has 0 spiro atoms. The van der Waals surface area contributed by atoms with Crippen LogP contribution in [0.3, 0.4) is 0 Å². The third kappa shape index (κ3) is 6.79. The monoisotopic (exact) mass is 526 g/mol. The van der Waals surface area contributed by atoms with E-state index in [4.69, 9.17) is 13.7 Å². The van der Waals surface area contributed by atoms with Gasteiger partial charge in [0, 0.05) is 40.9 Å². The molecule has 0 radical (unpaired) electrons. The first kappa shape index (κ1) is 27.1. The number of methoxy groups -OCH3 is 1. The van der Waals surface area contributed by atoms with Crippen molar-refractivity contribution in [3.63, 3.8) is 0 Å². The molecule has 2 aromatic rings. The van der Waals surface area contributed by atoms with Crippen molar-refractivity contribution in [2.45, 2.75) is 35.3 Å². The topological polar surface area (TPSA) is 120 Å². The molecule has 1 saturated heterocycles. The molecule has 1 heterocycles. The number of sulfonamides is 1. The van der Waals surface area contributed by atoms with E-state index in [1.807, 2.05) is 0 Å². The Bertz CT molecular complexity index is 1220. The van der Waals surface area contributed by atoms with Crippen LogP contribution in [0.1, 0.15) is 18.4 Å². The maximum absolute atomic E-state index is 12.9. The highest BCUT2D eigenvalue weighted by atomic mass is 32.2. The quantitative estimate of drug-likeness (QED) is 0.407. The van der Waals surface area contributed by atoms with Crippen LogP contribution in [0.25, 0.3) is 0 Å². The average Bonchev–Trinajstić information content (AvgIpc) is 3.33. The van der Waals surface area contributed by atoms with Crippen molar-refractivity contribution in [1.29, 1.82) is 0 Å². The van der Waals surface area contributed by atoms with Gasteiger partial charge in [0.2, 0.25) is 15.9 Å². The van der Waals surface area contributed by atoms with Crippen LogP contribution in [0, 0.1) is 0 Å². The molecule has 12 heteroatoms. The standard InChI is InChI=1S/C23H30N2O8S2/c1-24(2)34(27,28)21-8-4-5-9-22(21)35(29,30)33-19-12-10-18(11-13-19)15-25(23(26)17-31-3)16-20-7-6-14-32-20/h4-5,8-13,20H,6-7,14-17H2,1-3H3/t20-/m1/s1. The van der Waals surface area contributed by atoms with Crippen molar-refractivity contribution in [3.05, 3.63) is 54.1 Å². The van der Waals surface area contributed by atoms with Gasteiger partial charge in [0.15, 0.2) is 0 Å². The van der Waals surface area contributed by atoms with E-state index in [1.165, 1.54) is 57.6 Å². The Kier molecular flexibility index (Phi) is 8.89. The summed E-state index contributed by atoms with van der Waals surface area (Å²) in [5.74, 6) is -0.163. The van der Waals surface area contributed by atoms with Crippen LogP contribution in [0.2, 0.25) is 0 Å². The molecule has 0 unspecified atom stereocenters. The SMILES string of the molecule is COCC(=O)N(Cc1ccc(OS(=O)(=O)c2ccccc2S(=O)(=O)N(C)C)cc1)C[C@H]1CCCO1. The van der Waals surface area contributed by atoms with Crippen LogP contribution >= 0.6 is 0 Å². The summed E-state index contributed by atoms with van der Waals surface area (Å²) in [6, 6.07) is 11.5. The lowest BCUT2D eigenvalue weighted by atomic mass is 10.1. The van der Waals surface area contributed by atoms with Crippen LogP contribution in [0.5, 0.6) is 5.75 Å².